The molecule has 1 fully saturated rings. The van der Waals surface area contributed by atoms with Crippen molar-refractivity contribution in [2.75, 3.05) is 25.0 Å². The van der Waals surface area contributed by atoms with Gasteiger partial charge in [0.1, 0.15) is 11.5 Å². The van der Waals surface area contributed by atoms with Gasteiger partial charge in [-0.15, -0.1) is 0 Å². The van der Waals surface area contributed by atoms with E-state index in [0.717, 1.165) is 44.7 Å². The topological polar surface area (TPSA) is 45.2 Å². The molecule has 1 aliphatic heterocycles. The van der Waals surface area contributed by atoms with Gasteiger partial charge in [-0.1, -0.05) is 25.8 Å². The number of hydrogen-bond acceptors (Lipinski definition) is 3. The fraction of sp³-hybridized carbons (Fsp3) is 0.600. The van der Waals surface area contributed by atoms with Crippen molar-refractivity contribution in [1.29, 1.82) is 0 Å². The molecule has 0 atom stereocenters. The molecule has 19 heavy (non-hydrogen) atoms. The maximum Gasteiger partial charge on any atom is 0.272 e. The number of aromatic nitrogens is 1. The Hall–Kier alpha value is -1.58. The SMILES string of the molecule is CCCNc1cccc(C(=O)N2CCCCCC2)n1. The smallest absolute Gasteiger partial charge is 0.272 e. The van der Waals surface area contributed by atoms with Crippen LogP contribution in [0, 0.1) is 0 Å². The Balaban J connectivity index is 2.04. The highest BCUT2D eigenvalue weighted by Gasteiger charge is 2.18. The average Bonchev–Trinajstić information content (AvgIpc) is 2.73. The van der Waals surface area contributed by atoms with Crippen molar-refractivity contribution in [2.45, 2.75) is 39.0 Å². The maximum absolute atomic E-state index is 12.4. The Bertz CT molecular complexity index is 412. The molecule has 104 valence electrons. The minimum Gasteiger partial charge on any atom is -0.370 e. The van der Waals surface area contributed by atoms with Crippen molar-refractivity contribution in [1.82, 2.24) is 9.88 Å². The minimum absolute atomic E-state index is 0.0713. The molecule has 0 unspecified atom stereocenters. The molecule has 1 amide bonds. The number of amides is 1. The lowest BCUT2D eigenvalue weighted by Gasteiger charge is -2.20. The number of pyridine rings is 1. The van der Waals surface area contributed by atoms with Crippen LogP contribution in [-0.2, 0) is 0 Å². The highest BCUT2D eigenvalue weighted by atomic mass is 16.2. The lowest BCUT2D eigenvalue weighted by Crippen LogP contribution is -2.32. The molecule has 0 aromatic carbocycles. The lowest BCUT2D eigenvalue weighted by atomic mass is 10.2. The Morgan fingerprint density at radius 2 is 2.00 bits per heavy atom. The monoisotopic (exact) mass is 261 g/mol. The number of carbonyl (C=O) groups is 1. The summed E-state index contributed by atoms with van der Waals surface area (Å²) in [5.41, 5.74) is 0.558. The van der Waals surface area contributed by atoms with Gasteiger partial charge in [-0.3, -0.25) is 4.79 Å². The molecule has 1 N–H and O–H groups in total. The number of nitrogens with zero attached hydrogens (tertiary/aromatic N) is 2. The van der Waals surface area contributed by atoms with Crippen molar-refractivity contribution in [3.63, 3.8) is 0 Å². The van der Waals surface area contributed by atoms with Crippen LogP contribution in [0.25, 0.3) is 0 Å². The fourth-order valence-electron chi connectivity index (χ4n) is 2.34. The van der Waals surface area contributed by atoms with Crippen molar-refractivity contribution in [3.05, 3.63) is 23.9 Å². The summed E-state index contributed by atoms with van der Waals surface area (Å²) in [5, 5.41) is 3.22. The van der Waals surface area contributed by atoms with E-state index in [-0.39, 0.29) is 5.91 Å². The van der Waals surface area contributed by atoms with Crippen LogP contribution in [0.3, 0.4) is 0 Å². The summed E-state index contributed by atoms with van der Waals surface area (Å²) in [4.78, 5) is 18.8. The first-order valence-electron chi connectivity index (χ1n) is 7.31. The molecule has 0 spiro atoms. The van der Waals surface area contributed by atoms with Crippen LogP contribution >= 0.6 is 0 Å². The number of nitrogens with one attached hydrogen (secondary N) is 1. The minimum atomic E-state index is 0.0713. The highest BCUT2D eigenvalue weighted by Crippen LogP contribution is 2.13. The van der Waals surface area contributed by atoms with Crippen LogP contribution in [0.2, 0.25) is 0 Å². The summed E-state index contributed by atoms with van der Waals surface area (Å²) in [6.45, 7) is 4.73. The van der Waals surface area contributed by atoms with Gasteiger partial charge in [0.25, 0.3) is 5.91 Å². The van der Waals surface area contributed by atoms with E-state index >= 15 is 0 Å². The average molecular weight is 261 g/mol. The van der Waals surface area contributed by atoms with Gasteiger partial charge >= 0.3 is 0 Å². The van der Waals surface area contributed by atoms with Crippen LogP contribution in [0.15, 0.2) is 18.2 Å². The number of rotatable bonds is 4. The zero-order valence-electron chi connectivity index (χ0n) is 11.7. The third-order valence-electron chi connectivity index (χ3n) is 3.42. The molecule has 0 bridgehead atoms. The molecular weight excluding hydrogens is 238 g/mol. The Kier molecular flexibility index (Phi) is 5.19. The molecule has 0 saturated carbocycles. The molecule has 1 aromatic rings. The van der Waals surface area contributed by atoms with Crippen LogP contribution in [0.1, 0.15) is 49.5 Å². The van der Waals surface area contributed by atoms with Crippen molar-refractivity contribution in [2.24, 2.45) is 0 Å². The number of likely N-dealkylation sites (tertiary alicyclic amines) is 1. The largest absolute Gasteiger partial charge is 0.370 e. The van der Waals surface area contributed by atoms with E-state index in [9.17, 15) is 4.79 Å². The second kappa shape index (κ2) is 7.12. The van der Waals surface area contributed by atoms with Gasteiger partial charge < -0.3 is 10.2 Å². The third kappa shape index (κ3) is 3.94. The Morgan fingerprint density at radius 3 is 2.68 bits per heavy atom. The van der Waals surface area contributed by atoms with E-state index in [1.54, 1.807) is 0 Å². The van der Waals surface area contributed by atoms with Gasteiger partial charge in [-0.05, 0) is 31.4 Å². The van der Waals surface area contributed by atoms with Crippen molar-refractivity contribution < 1.29 is 4.79 Å². The number of hydrogen-bond donors (Lipinski definition) is 1. The van der Waals surface area contributed by atoms with Crippen LogP contribution in [0.5, 0.6) is 0 Å². The van der Waals surface area contributed by atoms with Gasteiger partial charge in [0, 0.05) is 19.6 Å². The van der Waals surface area contributed by atoms with Gasteiger partial charge in [-0.2, -0.15) is 0 Å². The Labute approximate surface area is 115 Å². The standard InChI is InChI=1S/C15H23N3O/c1-2-10-16-14-9-7-8-13(17-14)15(19)18-11-5-3-4-6-12-18/h7-9H,2-6,10-12H2,1H3,(H,16,17). The quantitative estimate of drug-likeness (QED) is 0.906. The molecule has 4 nitrogen and oxygen atoms in total. The van der Waals surface area contributed by atoms with E-state index in [4.69, 9.17) is 0 Å². The molecule has 2 heterocycles. The highest BCUT2D eigenvalue weighted by molar-refractivity contribution is 5.92. The lowest BCUT2D eigenvalue weighted by molar-refractivity contribution is 0.0756. The van der Waals surface area contributed by atoms with Gasteiger partial charge in [0.05, 0.1) is 0 Å². The van der Waals surface area contributed by atoms with Crippen LogP contribution < -0.4 is 5.32 Å². The number of anilines is 1. The first kappa shape index (κ1) is 13.8. The second-order valence-corrected chi connectivity index (χ2v) is 5.04. The second-order valence-electron chi connectivity index (χ2n) is 5.04. The first-order valence-corrected chi connectivity index (χ1v) is 7.31. The molecule has 0 radical (unpaired) electrons. The molecule has 0 aliphatic carbocycles. The van der Waals surface area contributed by atoms with Gasteiger partial charge in [0.2, 0.25) is 0 Å². The first-order chi connectivity index (χ1) is 9.31. The number of carbonyl (C=O) groups excluding carboxylic acids is 1. The zero-order valence-corrected chi connectivity index (χ0v) is 11.7. The summed E-state index contributed by atoms with van der Waals surface area (Å²) in [6, 6.07) is 5.62. The molecule has 1 saturated heterocycles. The summed E-state index contributed by atoms with van der Waals surface area (Å²) in [5.74, 6) is 0.865. The van der Waals surface area contributed by atoms with Crippen LogP contribution in [0.4, 0.5) is 5.82 Å². The van der Waals surface area contributed by atoms with Crippen molar-refractivity contribution in [3.8, 4) is 0 Å². The third-order valence-corrected chi connectivity index (χ3v) is 3.42. The fourth-order valence-corrected chi connectivity index (χ4v) is 2.34. The van der Waals surface area contributed by atoms with Crippen molar-refractivity contribution >= 4 is 11.7 Å². The van der Waals surface area contributed by atoms with E-state index in [0.29, 0.717) is 5.69 Å². The van der Waals surface area contributed by atoms with Gasteiger partial charge in [0.15, 0.2) is 0 Å². The normalized spacial score (nSPS) is 15.9. The van der Waals surface area contributed by atoms with Gasteiger partial charge in [-0.25, -0.2) is 4.98 Å². The Morgan fingerprint density at radius 1 is 1.26 bits per heavy atom. The maximum atomic E-state index is 12.4. The van der Waals surface area contributed by atoms with E-state index in [1.165, 1.54) is 12.8 Å². The molecule has 1 aliphatic rings. The zero-order chi connectivity index (χ0) is 13.5. The summed E-state index contributed by atoms with van der Waals surface area (Å²) < 4.78 is 0. The summed E-state index contributed by atoms with van der Waals surface area (Å²) in [7, 11) is 0. The molecule has 2 rings (SSSR count). The van der Waals surface area contributed by atoms with E-state index < -0.39 is 0 Å². The van der Waals surface area contributed by atoms with E-state index in [1.807, 2.05) is 23.1 Å². The predicted molar refractivity (Wildman–Crippen MR) is 77.4 cm³/mol. The van der Waals surface area contributed by atoms with E-state index in [2.05, 4.69) is 17.2 Å². The summed E-state index contributed by atoms with van der Waals surface area (Å²) >= 11 is 0. The molecule has 1 aromatic heterocycles. The molecule has 4 heteroatoms. The molecular formula is C15H23N3O. The summed E-state index contributed by atoms with van der Waals surface area (Å²) in [6.07, 6.45) is 5.73. The van der Waals surface area contributed by atoms with Crippen LogP contribution in [-0.4, -0.2) is 35.4 Å². The predicted octanol–water partition coefficient (Wildman–Crippen LogP) is 2.92.